The van der Waals surface area contributed by atoms with E-state index >= 15 is 0 Å². The van der Waals surface area contributed by atoms with E-state index < -0.39 is 5.63 Å². The zero-order valence-corrected chi connectivity index (χ0v) is 10.7. The fourth-order valence-corrected chi connectivity index (χ4v) is 2.04. The summed E-state index contributed by atoms with van der Waals surface area (Å²) >= 11 is 0. The molecule has 18 heavy (non-hydrogen) atoms. The Labute approximate surface area is 105 Å². The van der Waals surface area contributed by atoms with E-state index in [1.54, 1.807) is 0 Å². The Morgan fingerprint density at radius 2 is 2.00 bits per heavy atom. The molecule has 2 rings (SSSR count). The third-order valence-corrected chi connectivity index (χ3v) is 2.79. The number of carbonyl (C=O) groups excluding carboxylic acids is 1. The fourth-order valence-electron chi connectivity index (χ4n) is 2.04. The van der Waals surface area contributed by atoms with Crippen LogP contribution in [-0.4, -0.2) is 5.91 Å². The van der Waals surface area contributed by atoms with Gasteiger partial charge >= 0.3 is 5.63 Å². The molecule has 0 unspecified atom stereocenters. The number of carbonyl (C=O) groups is 1. The summed E-state index contributed by atoms with van der Waals surface area (Å²) in [7, 11) is 0. The summed E-state index contributed by atoms with van der Waals surface area (Å²) in [5.41, 5.74) is 3.00. The molecule has 0 aliphatic rings. The quantitative estimate of drug-likeness (QED) is 0.824. The second kappa shape index (κ2) is 4.64. The number of rotatable bonds is 2. The van der Waals surface area contributed by atoms with Crippen molar-refractivity contribution in [2.24, 2.45) is 0 Å². The lowest BCUT2D eigenvalue weighted by molar-refractivity contribution is -0.119. The lowest BCUT2D eigenvalue weighted by atomic mass is 10.0. The van der Waals surface area contributed by atoms with Crippen LogP contribution in [0.3, 0.4) is 0 Å². The van der Waals surface area contributed by atoms with Gasteiger partial charge in [-0.15, -0.1) is 0 Å². The van der Waals surface area contributed by atoms with Gasteiger partial charge in [-0.1, -0.05) is 6.07 Å². The van der Waals surface area contributed by atoms with Crippen LogP contribution in [-0.2, 0) is 11.3 Å². The smallest absolute Gasteiger partial charge is 0.336 e. The molecule has 4 nitrogen and oxygen atoms in total. The minimum atomic E-state index is -0.394. The van der Waals surface area contributed by atoms with Gasteiger partial charge in [0.2, 0.25) is 5.91 Å². The van der Waals surface area contributed by atoms with Crippen molar-refractivity contribution < 1.29 is 9.21 Å². The molecule has 1 heterocycles. The molecule has 0 saturated carbocycles. The summed E-state index contributed by atoms with van der Waals surface area (Å²) in [6.45, 7) is 5.67. The highest BCUT2D eigenvalue weighted by Crippen LogP contribution is 2.22. The number of aryl methyl sites for hydroxylation is 2. The van der Waals surface area contributed by atoms with E-state index in [9.17, 15) is 9.59 Å². The van der Waals surface area contributed by atoms with Crippen LogP contribution in [0.5, 0.6) is 0 Å². The Morgan fingerprint density at radius 3 is 2.67 bits per heavy atom. The van der Waals surface area contributed by atoms with E-state index in [1.165, 1.54) is 13.0 Å². The summed E-state index contributed by atoms with van der Waals surface area (Å²) < 4.78 is 5.23. The number of hydrogen-bond donors (Lipinski definition) is 1. The molecular formula is C14H15NO3. The summed E-state index contributed by atoms with van der Waals surface area (Å²) in [5.74, 6) is -0.124. The zero-order chi connectivity index (χ0) is 13.3. The van der Waals surface area contributed by atoms with Gasteiger partial charge in [0.15, 0.2) is 0 Å². The van der Waals surface area contributed by atoms with Gasteiger partial charge in [-0.05, 0) is 36.6 Å². The van der Waals surface area contributed by atoms with E-state index in [1.807, 2.05) is 26.0 Å². The van der Waals surface area contributed by atoms with Crippen molar-refractivity contribution in [3.05, 3.63) is 45.3 Å². The van der Waals surface area contributed by atoms with Crippen LogP contribution in [0.1, 0.15) is 23.6 Å². The van der Waals surface area contributed by atoms with Crippen molar-refractivity contribution in [1.82, 2.24) is 5.32 Å². The summed E-state index contributed by atoms with van der Waals surface area (Å²) in [5, 5.41) is 3.58. The van der Waals surface area contributed by atoms with Gasteiger partial charge in [0.1, 0.15) is 5.58 Å². The number of amides is 1. The predicted octanol–water partition coefficient (Wildman–Crippen LogP) is 2.05. The number of fused-ring (bicyclic) bond motifs is 1. The van der Waals surface area contributed by atoms with Crippen LogP contribution in [0.2, 0.25) is 0 Å². The number of hydrogen-bond acceptors (Lipinski definition) is 3. The molecule has 1 amide bonds. The fraction of sp³-hybridized carbons (Fsp3) is 0.286. The molecule has 0 spiro atoms. The Balaban J connectivity index is 2.64. The topological polar surface area (TPSA) is 59.3 Å². The molecule has 1 aromatic carbocycles. The minimum absolute atomic E-state index is 0.124. The van der Waals surface area contributed by atoms with Gasteiger partial charge in [-0.2, -0.15) is 0 Å². The van der Waals surface area contributed by atoms with Gasteiger partial charge < -0.3 is 9.73 Å². The van der Waals surface area contributed by atoms with Gasteiger partial charge in [-0.3, -0.25) is 4.79 Å². The molecule has 0 saturated heterocycles. The predicted molar refractivity (Wildman–Crippen MR) is 69.5 cm³/mol. The summed E-state index contributed by atoms with van der Waals surface area (Å²) in [6, 6.07) is 5.35. The van der Waals surface area contributed by atoms with Gasteiger partial charge in [0, 0.05) is 24.9 Å². The number of nitrogens with one attached hydrogen (secondary N) is 1. The Hall–Kier alpha value is -2.10. The lowest BCUT2D eigenvalue weighted by Crippen LogP contribution is -2.20. The molecule has 0 aliphatic carbocycles. The monoisotopic (exact) mass is 245 g/mol. The largest absolute Gasteiger partial charge is 0.422 e. The SMILES string of the molecule is CC(=O)NCc1cc(=O)oc2c(C)cc(C)cc12. The molecule has 0 atom stereocenters. The average molecular weight is 245 g/mol. The van der Waals surface area contributed by atoms with Crippen molar-refractivity contribution in [1.29, 1.82) is 0 Å². The molecule has 2 aromatic rings. The molecule has 0 aliphatic heterocycles. The highest BCUT2D eigenvalue weighted by atomic mass is 16.4. The van der Waals surface area contributed by atoms with Crippen LogP contribution in [0, 0.1) is 13.8 Å². The minimum Gasteiger partial charge on any atom is -0.422 e. The first-order chi connectivity index (χ1) is 8.47. The third-order valence-electron chi connectivity index (χ3n) is 2.79. The Kier molecular flexibility index (Phi) is 3.19. The zero-order valence-electron chi connectivity index (χ0n) is 10.7. The van der Waals surface area contributed by atoms with Gasteiger partial charge in [0.05, 0.1) is 0 Å². The Morgan fingerprint density at radius 1 is 1.28 bits per heavy atom. The Bertz CT molecular complexity index is 671. The van der Waals surface area contributed by atoms with Crippen LogP contribution < -0.4 is 10.9 Å². The normalized spacial score (nSPS) is 10.6. The molecule has 0 fully saturated rings. The van der Waals surface area contributed by atoms with Crippen LogP contribution in [0.4, 0.5) is 0 Å². The third kappa shape index (κ3) is 2.42. The van der Waals surface area contributed by atoms with E-state index in [2.05, 4.69) is 5.32 Å². The second-order valence-corrected chi connectivity index (χ2v) is 4.46. The molecule has 4 heteroatoms. The van der Waals surface area contributed by atoms with Gasteiger partial charge in [-0.25, -0.2) is 4.79 Å². The van der Waals surface area contributed by atoms with Crippen LogP contribution in [0.25, 0.3) is 11.0 Å². The maximum absolute atomic E-state index is 11.5. The van der Waals surface area contributed by atoms with E-state index in [0.29, 0.717) is 12.1 Å². The summed E-state index contributed by atoms with van der Waals surface area (Å²) in [4.78, 5) is 22.5. The lowest BCUT2D eigenvalue weighted by Gasteiger charge is -2.08. The summed E-state index contributed by atoms with van der Waals surface area (Å²) in [6.07, 6.45) is 0. The first-order valence-electron chi connectivity index (χ1n) is 5.76. The van der Waals surface area contributed by atoms with Crippen molar-refractivity contribution >= 4 is 16.9 Å². The first kappa shape index (κ1) is 12.4. The van der Waals surface area contributed by atoms with Crippen molar-refractivity contribution in [3.8, 4) is 0 Å². The standard InChI is InChI=1S/C14H15NO3/c1-8-4-9(2)14-12(5-8)11(6-13(17)18-14)7-15-10(3)16/h4-6H,7H2,1-3H3,(H,15,16). The van der Waals surface area contributed by atoms with E-state index in [0.717, 1.165) is 22.1 Å². The van der Waals surface area contributed by atoms with Crippen LogP contribution in [0.15, 0.2) is 27.4 Å². The first-order valence-corrected chi connectivity index (χ1v) is 5.76. The maximum Gasteiger partial charge on any atom is 0.336 e. The molecule has 0 radical (unpaired) electrons. The molecule has 1 aromatic heterocycles. The van der Waals surface area contributed by atoms with Crippen molar-refractivity contribution in [2.75, 3.05) is 0 Å². The number of benzene rings is 1. The molecule has 0 bridgehead atoms. The second-order valence-electron chi connectivity index (χ2n) is 4.46. The van der Waals surface area contributed by atoms with Gasteiger partial charge in [0.25, 0.3) is 0 Å². The maximum atomic E-state index is 11.5. The van der Waals surface area contributed by atoms with Crippen molar-refractivity contribution in [3.63, 3.8) is 0 Å². The van der Waals surface area contributed by atoms with E-state index in [4.69, 9.17) is 4.42 Å². The van der Waals surface area contributed by atoms with Crippen molar-refractivity contribution in [2.45, 2.75) is 27.3 Å². The molecule has 1 N–H and O–H groups in total. The highest BCUT2D eigenvalue weighted by molar-refractivity contribution is 5.84. The van der Waals surface area contributed by atoms with Crippen LogP contribution >= 0.6 is 0 Å². The average Bonchev–Trinajstić information content (AvgIpc) is 2.27. The highest BCUT2D eigenvalue weighted by Gasteiger charge is 2.08. The molecule has 94 valence electrons. The van der Waals surface area contributed by atoms with E-state index in [-0.39, 0.29) is 5.91 Å². The molecular weight excluding hydrogens is 230 g/mol.